The first kappa shape index (κ1) is 82.5. The molecule has 0 aromatic carbocycles. The van der Waals surface area contributed by atoms with Crippen molar-refractivity contribution in [2.45, 2.75) is 234 Å². The van der Waals surface area contributed by atoms with Crippen LogP contribution in [0.4, 0.5) is 0 Å². The van der Waals surface area contributed by atoms with E-state index in [4.69, 9.17) is 0 Å². The van der Waals surface area contributed by atoms with Gasteiger partial charge < -0.3 is 60.7 Å². The lowest BCUT2D eigenvalue weighted by Gasteiger charge is -2.42. The summed E-state index contributed by atoms with van der Waals surface area (Å²) < 4.78 is 0. The molecule has 1 aromatic heterocycles. The summed E-state index contributed by atoms with van der Waals surface area (Å²) in [6.45, 7) is 31.6. The molecule has 1 fully saturated rings. The van der Waals surface area contributed by atoms with E-state index in [1.807, 2.05) is 61.5 Å². The lowest BCUT2D eigenvalue weighted by molar-refractivity contribution is -0.157. The monoisotopic (exact) mass is 1320 g/mol. The number of hydrogen-bond acceptors (Lipinski definition) is 14. The molecule has 0 bridgehead atoms. The van der Waals surface area contributed by atoms with E-state index < -0.39 is 161 Å². The molecule has 2 heterocycles. The molecule has 1 aliphatic rings. The summed E-state index contributed by atoms with van der Waals surface area (Å²) in [7, 11) is 9.95. The number of hydrogen-bond donors (Lipinski definition) is 5. The first-order valence-corrected chi connectivity index (χ1v) is 33.9. The number of pyridine rings is 1. The maximum atomic E-state index is 15.4. The van der Waals surface area contributed by atoms with Crippen LogP contribution in [-0.2, 0) is 52.7 Å². The number of carbonyl (C=O) groups excluding carboxylic acids is 11. The topological polar surface area (TPSA) is 292 Å². The third kappa shape index (κ3) is 22.8. The fourth-order valence-corrected chi connectivity index (χ4v) is 12.5. The molecule has 93 heavy (non-hydrogen) atoms. The third-order valence-electron chi connectivity index (χ3n) is 17.3. The highest BCUT2D eigenvalue weighted by Crippen LogP contribution is 2.30. The van der Waals surface area contributed by atoms with E-state index in [0.29, 0.717) is 5.03 Å². The van der Waals surface area contributed by atoms with Gasteiger partial charge in [0.2, 0.25) is 59.1 Å². The smallest absolute Gasteiger partial charge is 0.256 e. The van der Waals surface area contributed by atoms with E-state index in [0.717, 1.165) is 16.7 Å². The summed E-state index contributed by atoms with van der Waals surface area (Å²) in [5.74, 6) is -10.9. The number of rotatable bonds is 17. The highest BCUT2D eigenvalue weighted by Gasteiger charge is 2.47. The zero-order chi connectivity index (χ0) is 71.5. The van der Waals surface area contributed by atoms with E-state index in [1.165, 1.54) is 98.8 Å². The molecule has 1 unspecified atom stereocenters. The Morgan fingerprint density at radius 2 is 0.849 bits per heavy atom. The number of aromatic nitrogens is 1. The van der Waals surface area contributed by atoms with E-state index in [-0.39, 0.29) is 55.8 Å². The molecule has 0 saturated carbocycles. The van der Waals surface area contributed by atoms with E-state index in [9.17, 15) is 29.1 Å². The number of aliphatic hydroxyl groups is 1. The van der Waals surface area contributed by atoms with Gasteiger partial charge in [-0.15, -0.1) is 0 Å². The highest BCUT2D eigenvalue weighted by molar-refractivity contribution is 8.00. The third-order valence-corrected chi connectivity index (χ3v) is 18.5. The minimum absolute atomic E-state index is 0.0985. The van der Waals surface area contributed by atoms with Gasteiger partial charge >= 0.3 is 0 Å². The maximum absolute atomic E-state index is 15.4. The second-order valence-electron chi connectivity index (χ2n) is 28.2. The Hall–Kier alpha value is -6.63. The SMILES string of the molecule is C/C=C/C[C@@H](C)[C@@H](O)[C@H]1C(=O)N[C@@H](C(C)C)C(=O)N(C)C(Sc2ccccn2)C(=O)N(C)[C@@H](CC(C)C)C(=O)N[C@@H](C(C)C)C(=O)N(C)[C@@H](CC(C)C)C(=O)N[C@@H](C)C(=O)N[C@H](C)C(=O)N(C)[C@@H](CC(C)C)C(=O)N(C)[C@@H](CC(C)C)C(=O)N(C)[C@@H](C(C)C)C(=O)N1C. The lowest BCUT2D eigenvalue weighted by atomic mass is 9.91. The first-order valence-electron chi connectivity index (χ1n) is 33.0. The first-order chi connectivity index (χ1) is 43.1. The molecule has 1 aliphatic heterocycles. The van der Waals surface area contributed by atoms with Gasteiger partial charge in [-0.2, -0.15) is 0 Å². The number of thioether (sulfide) groups is 1. The van der Waals surface area contributed by atoms with Crippen molar-refractivity contribution in [2.75, 3.05) is 49.3 Å². The van der Waals surface area contributed by atoms with Crippen molar-refractivity contribution in [3.8, 4) is 0 Å². The molecule has 1 aromatic rings. The Morgan fingerprint density at radius 3 is 1.29 bits per heavy atom. The molecule has 0 aliphatic carbocycles. The molecule has 0 spiro atoms. The molecule has 13 atom stereocenters. The number of amides is 11. The summed E-state index contributed by atoms with van der Waals surface area (Å²) in [6.07, 6.45) is 4.36. The van der Waals surface area contributed by atoms with Crippen molar-refractivity contribution in [3.63, 3.8) is 0 Å². The quantitative estimate of drug-likeness (QED) is 0.128. The van der Waals surface area contributed by atoms with Gasteiger partial charge in [-0.05, 0) is 112 Å². The number of aliphatic hydroxyl groups excluding tert-OH is 1. The molecule has 25 heteroatoms. The standard InChI is InChI=1S/C68H116N12O12S/c1-26-27-30-44(16)56(81)55-60(85)73-53(42(12)13)65(90)80(25)68(93-51-31-28-29-32-69-51)67(92)75(20)48(34-38(4)5)59(84)72-52(41(10)11)64(89)74(19)47(33-37(2)3)58(83)70-45(17)57(82)71-46(18)61(86)76(21)49(35-39(6)7)62(87)77(22)50(36-40(8)9)63(88)78(23)54(43(14)15)66(91)79(55)24/h26-29,31-32,37-50,52-56,68,81H,30,33-36H2,1-25H3,(H,70,83)(H,71,82)(H,72,84)(H,73,85)/b27-26+/t44-,45+,46-,47+,48+,49+,50+,52+,53+,54+,55+,56-,68?/m1/s1. The fraction of sp³-hybridized carbons (Fsp3) is 0.735. The molecular formula is C68H116N12O12S. The van der Waals surface area contributed by atoms with Crippen LogP contribution >= 0.6 is 11.8 Å². The largest absolute Gasteiger partial charge is 0.390 e. The number of nitrogens with zero attached hydrogens (tertiary/aromatic N) is 8. The zero-order valence-electron chi connectivity index (χ0n) is 60.5. The van der Waals surface area contributed by atoms with E-state index in [2.05, 4.69) is 26.3 Å². The van der Waals surface area contributed by atoms with Crippen molar-refractivity contribution in [1.29, 1.82) is 0 Å². The molecule has 2 rings (SSSR count). The predicted molar refractivity (Wildman–Crippen MR) is 362 cm³/mol. The predicted octanol–water partition coefficient (Wildman–Crippen LogP) is 5.03. The van der Waals surface area contributed by atoms with Crippen LogP contribution in [0.5, 0.6) is 0 Å². The Bertz CT molecular complexity index is 2730. The van der Waals surface area contributed by atoms with E-state index >= 15 is 28.8 Å². The van der Waals surface area contributed by atoms with Crippen LogP contribution in [0.15, 0.2) is 41.6 Å². The van der Waals surface area contributed by atoms with Crippen LogP contribution in [0.25, 0.3) is 0 Å². The molecule has 1 saturated heterocycles. The summed E-state index contributed by atoms with van der Waals surface area (Å²) in [6, 6.07) is -7.77. The Labute approximate surface area is 559 Å². The van der Waals surface area contributed by atoms with Gasteiger partial charge in [-0.3, -0.25) is 52.7 Å². The van der Waals surface area contributed by atoms with Crippen molar-refractivity contribution in [2.24, 2.45) is 47.3 Å². The summed E-state index contributed by atoms with van der Waals surface area (Å²) >= 11 is 0.926. The summed E-state index contributed by atoms with van der Waals surface area (Å²) in [5.41, 5.74) is 0. The van der Waals surface area contributed by atoms with Crippen molar-refractivity contribution >= 4 is 76.7 Å². The number of nitrogens with one attached hydrogen (secondary N) is 4. The van der Waals surface area contributed by atoms with Gasteiger partial charge in [-0.1, -0.05) is 134 Å². The van der Waals surface area contributed by atoms with Crippen LogP contribution in [0, 0.1) is 47.3 Å². The van der Waals surface area contributed by atoms with Crippen LogP contribution < -0.4 is 21.3 Å². The van der Waals surface area contributed by atoms with Gasteiger partial charge in [0.05, 0.1) is 11.1 Å². The van der Waals surface area contributed by atoms with Gasteiger partial charge in [-0.25, -0.2) is 4.98 Å². The minimum atomic E-state index is -1.67. The summed E-state index contributed by atoms with van der Waals surface area (Å²) in [4.78, 5) is 177. The molecule has 5 N–H and O–H groups in total. The van der Waals surface area contributed by atoms with Crippen LogP contribution in [-0.4, -0.2) is 231 Å². The molecular weight excluding hydrogens is 1210 g/mol. The second-order valence-corrected chi connectivity index (χ2v) is 29.3. The van der Waals surface area contributed by atoms with Crippen molar-refractivity contribution in [1.82, 2.24) is 60.6 Å². The normalized spacial score (nSPS) is 26.4. The number of carbonyl (C=O) groups is 11. The lowest BCUT2D eigenvalue weighted by Crippen LogP contribution is -2.64. The van der Waals surface area contributed by atoms with Gasteiger partial charge in [0.1, 0.15) is 60.4 Å². The van der Waals surface area contributed by atoms with E-state index in [1.54, 1.807) is 79.7 Å². The molecule has 24 nitrogen and oxygen atoms in total. The molecule has 11 amide bonds. The maximum Gasteiger partial charge on any atom is 0.256 e. The zero-order valence-corrected chi connectivity index (χ0v) is 61.3. The van der Waals surface area contributed by atoms with Crippen LogP contribution in [0.1, 0.15) is 157 Å². The average Bonchev–Trinajstić information content (AvgIpc) is 1.26. The van der Waals surface area contributed by atoms with Gasteiger partial charge in [0.15, 0.2) is 5.37 Å². The fourth-order valence-electron chi connectivity index (χ4n) is 11.5. The number of likely N-dealkylation sites (N-methyl/N-ethyl adjacent to an activating group) is 7. The van der Waals surface area contributed by atoms with Gasteiger partial charge in [0.25, 0.3) is 5.91 Å². The van der Waals surface area contributed by atoms with Crippen molar-refractivity contribution in [3.05, 3.63) is 36.5 Å². The second kappa shape index (κ2) is 37.5. The average molecular weight is 1330 g/mol. The van der Waals surface area contributed by atoms with Crippen LogP contribution in [0.2, 0.25) is 0 Å². The Morgan fingerprint density at radius 1 is 0.452 bits per heavy atom. The number of allylic oxidation sites excluding steroid dienone is 2. The Kier molecular flexibility index (Phi) is 33.2. The van der Waals surface area contributed by atoms with Gasteiger partial charge in [0, 0.05) is 55.5 Å². The summed E-state index contributed by atoms with van der Waals surface area (Å²) in [5, 5.41) is 22.4. The molecule has 0 radical (unpaired) electrons. The van der Waals surface area contributed by atoms with Crippen molar-refractivity contribution < 1.29 is 57.8 Å². The minimum Gasteiger partial charge on any atom is -0.390 e. The Balaban J connectivity index is 3.15. The van der Waals surface area contributed by atoms with Crippen LogP contribution in [0.3, 0.4) is 0 Å². The molecule has 526 valence electrons. The highest BCUT2D eigenvalue weighted by atomic mass is 32.2.